The average Bonchev–Trinajstić information content (AvgIpc) is 2.54. The van der Waals surface area contributed by atoms with Gasteiger partial charge < -0.3 is 10.6 Å². The third kappa shape index (κ3) is 3.04. The SMILES string of the molecule is N#Cc1ccc(NC(=O)[C@@H]2CC(=O)Nc3cc(F)ccc32)cc1. The zero-order chi connectivity index (χ0) is 16.4. The van der Waals surface area contributed by atoms with Gasteiger partial charge in [0.2, 0.25) is 11.8 Å². The summed E-state index contributed by atoms with van der Waals surface area (Å²) in [5.41, 5.74) is 1.92. The first-order chi connectivity index (χ1) is 11.1. The van der Waals surface area contributed by atoms with Crippen molar-refractivity contribution in [3.05, 3.63) is 59.4 Å². The number of halogens is 1. The summed E-state index contributed by atoms with van der Waals surface area (Å²) in [6.07, 6.45) is 0.000739. The van der Waals surface area contributed by atoms with Crippen molar-refractivity contribution in [2.45, 2.75) is 12.3 Å². The molecule has 1 aliphatic rings. The van der Waals surface area contributed by atoms with Crippen LogP contribution in [0.25, 0.3) is 0 Å². The maximum absolute atomic E-state index is 13.3. The number of hydrogen-bond donors (Lipinski definition) is 2. The van der Waals surface area contributed by atoms with Crippen LogP contribution in [0.5, 0.6) is 0 Å². The third-order valence-corrected chi connectivity index (χ3v) is 3.65. The standard InChI is InChI=1S/C17H12FN3O2/c18-11-3-6-13-14(8-16(22)21-15(13)7-11)17(23)20-12-4-1-10(9-19)2-5-12/h1-7,14H,8H2,(H,20,23)(H,21,22)/t14-/m1/s1. The Balaban J connectivity index is 1.85. The molecule has 0 saturated heterocycles. The molecule has 0 unspecified atom stereocenters. The molecule has 5 nitrogen and oxygen atoms in total. The summed E-state index contributed by atoms with van der Waals surface area (Å²) in [4.78, 5) is 24.2. The normalized spacial score (nSPS) is 16.0. The van der Waals surface area contributed by atoms with Gasteiger partial charge in [0.05, 0.1) is 17.6 Å². The molecule has 1 heterocycles. The molecule has 2 aromatic rings. The zero-order valence-electron chi connectivity index (χ0n) is 12.0. The number of rotatable bonds is 2. The van der Waals surface area contributed by atoms with Crippen LogP contribution < -0.4 is 10.6 Å². The molecule has 2 aromatic carbocycles. The molecule has 1 aliphatic heterocycles. The summed E-state index contributed by atoms with van der Waals surface area (Å²) in [5.74, 6) is -1.84. The summed E-state index contributed by atoms with van der Waals surface area (Å²) in [5, 5.41) is 14.0. The molecule has 23 heavy (non-hydrogen) atoms. The van der Waals surface area contributed by atoms with Crippen LogP contribution in [0, 0.1) is 17.1 Å². The second kappa shape index (κ2) is 5.89. The zero-order valence-corrected chi connectivity index (χ0v) is 12.0. The fourth-order valence-electron chi connectivity index (χ4n) is 2.53. The van der Waals surface area contributed by atoms with Crippen LogP contribution in [0.2, 0.25) is 0 Å². The quantitative estimate of drug-likeness (QED) is 0.895. The molecule has 0 fully saturated rings. The number of anilines is 2. The number of nitriles is 1. The lowest BCUT2D eigenvalue weighted by Gasteiger charge is -2.24. The second-order valence-corrected chi connectivity index (χ2v) is 5.21. The molecule has 0 aromatic heterocycles. The second-order valence-electron chi connectivity index (χ2n) is 5.21. The van der Waals surface area contributed by atoms with Crippen LogP contribution in [0.15, 0.2) is 42.5 Å². The molecular formula is C17H12FN3O2. The predicted octanol–water partition coefficient (Wildman–Crippen LogP) is 2.76. The number of benzene rings is 2. The Morgan fingerprint density at radius 3 is 2.70 bits per heavy atom. The van der Waals surface area contributed by atoms with E-state index >= 15 is 0 Å². The minimum absolute atomic E-state index is 0.000739. The first kappa shape index (κ1) is 14.7. The Morgan fingerprint density at radius 1 is 1.26 bits per heavy atom. The van der Waals surface area contributed by atoms with E-state index < -0.39 is 11.7 Å². The smallest absolute Gasteiger partial charge is 0.232 e. The van der Waals surface area contributed by atoms with E-state index in [9.17, 15) is 14.0 Å². The Morgan fingerprint density at radius 2 is 2.00 bits per heavy atom. The van der Waals surface area contributed by atoms with Crippen molar-refractivity contribution < 1.29 is 14.0 Å². The van der Waals surface area contributed by atoms with Gasteiger partial charge in [0.15, 0.2) is 0 Å². The monoisotopic (exact) mass is 309 g/mol. The van der Waals surface area contributed by atoms with Gasteiger partial charge in [0.25, 0.3) is 0 Å². The lowest BCUT2D eigenvalue weighted by Crippen LogP contribution is -2.30. The van der Waals surface area contributed by atoms with E-state index in [1.165, 1.54) is 18.2 Å². The first-order valence-corrected chi connectivity index (χ1v) is 6.97. The number of carbonyl (C=O) groups is 2. The lowest BCUT2D eigenvalue weighted by atomic mass is 9.89. The van der Waals surface area contributed by atoms with E-state index in [-0.39, 0.29) is 18.2 Å². The van der Waals surface area contributed by atoms with Crippen LogP contribution in [-0.4, -0.2) is 11.8 Å². The highest BCUT2D eigenvalue weighted by Crippen LogP contribution is 2.33. The number of fused-ring (bicyclic) bond motifs is 1. The van der Waals surface area contributed by atoms with Crippen molar-refractivity contribution in [2.24, 2.45) is 0 Å². The fraction of sp³-hybridized carbons (Fsp3) is 0.118. The van der Waals surface area contributed by atoms with E-state index in [1.54, 1.807) is 24.3 Å². The molecule has 2 N–H and O–H groups in total. The van der Waals surface area contributed by atoms with Crippen molar-refractivity contribution in [3.63, 3.8) is 0 Å². The number of amides is 2. The Hall–Kier alpha value is -3.20. The van der Waals surface area contributed by atoms with Crippen LogP contribution in [0.3, 0.4) is 0 Å². The van der Waals surface area contributed by atoms with Gasteiger partial charge in [-0.3, -0.25) is 9.59 Å². The molecule has 0 aliphatic carbocycles. The molecule has 0 radical (unpaired) electrons. The molecule has 1 atom stereocenters. The van der Waals surface area contributed by atoms with Gasteiger partial charge in [-0.2, -0.15) is 5.26 Å². The molecule has 6 heteroatoms. The lowest BCUT2D eigenvalue weighted by molar-refractivity contribution is -0.123. The molecule has 2 amide bonds. The highest BCUT2D eigenvalue weighted by molar-refractivity contribution is 6.05. The molecule has 3 rings (SSSR count). The van der Waals surface area contributed by atoms with E-state index in [0.29, 0.717) is 22.5 Å². The number of nitrogens with one attached hydrogen (secondary N) is 2. The highest BCUT2D eigenvalue weighted by Gasteiger charge is 2.30. The van der Waals surface area contributed by atoms with E-state index in [0.717, 1.165) is 0 Å². The van der Waals surface area contributed by atoms with Crippen LogP contribution >= 0.6 is 0 Å². The van der Waals surface area contributed by atoms with Gasteiger partial charge in [-0.05, 0) is 42.0 Å². The number of nitrogens with zero attached hydrogens (tertiary/aromatic N) is 1. The highest BCUT2D eigenvalue weighted by atomic mass is 19.1. The van der Waals surface area contributed by atoms with Crippen LogP contribution in [0.4, 0.5) is 15.8 Å². The Labute approximate surface area is 131 Å². The summed E-state index contributed by atoms with van der Waals surface area (Å²) >= 11 is 0. The van der Waals surface area contributed by atoms with Gasteiger partial charge in [0, 0.05) is 17.8 Å². The fourth-order valence-corrected chi connectivity index (χ4v) is 2.53. The molecular weight excluding hydrogens is 297 g/mol. The summed E-state index contributed by atoms with van der Waals surface area (Å²) < 4.78 is 13.3. The molecule has 0 spiro atoms. The Bertz CT molecular complexity index is 825. The first-order valence-electron chi connectivity index (χ1n) is 6.97. The van der Waals surface area contributed by atoms with E-state index in [4.69, 9.17) is 5.26 Å². The van der Waals surface area contributed by atoms with Gasteiger partial charge >= 0.3 is 0 Å². The van der Waals surface area contributed by atoms with Crippen LogP contribution in [-0.2, 0) is 9.59 Å². The van der Waals surface area contributed by atoms with Crippen molar-refractivity contribution in [2.75, 3.05) is 10.6 Å². The van der Waals surface area contributed by atoms with Gasteiger partial charge in [-0.15, -0.1) is 0 Å². The summed E-state index contributed by atoms with van der Waals surface area (Å²) in [6, 6.07) is 12.4. The average molecular weight is 309 g/mol. The third-order valence-electron chi connectivity index (χ3n) is 3.65. The molecule has 114 valence electrons. The topological polar surface area (TPSA) is 82.0 Å². The largest absolute Gasteiger partial charge is 0.326 e. The van der Waals surface area contributed by atoms with Gasteiger partial charge in [0.1, 0.15) is 5.82 Å². The van der Waals surface area contributed by atoms with E-state index in [1.807, 2.05) is 6.07 Å². The summed E-state index contributed by atoms with van der Waals surface area (Å²) in [7, 11) is 0. The van der Waals surface area contributed by atoms with E-state index in [2.05, 4.69) is 10.6 Å². The van der Waals surface area contributed by atoms with Crippen molar-refractivity contribution >= 4 is 23.2 Å². The molecule has 0 bridgehead atoms. The maximum atomic E-state index is 13.3. The minimum atomic E-state index is -0.685. The van der Waals surface area contributed by atoms with Crippen molar-refractivity contribution in [3.8, 4) is 6.07 Å². The number of hydrogen-bond acceptors (Lipinski definition) is 3. The van der Waals surface area contributed by atoms with Crippen LogP contribution in [0.1, 0.15) is 23.5 Å². The van der Waals surface area contributed by atoms with Crippen molar-refractivity contribution in [1.82, 2.24) is 0 Å². The van der Waals surface area contributed by atoms with Gasteiger partial charge in [-0.1, -0.05) is 6.07 Å². The maximum Gasteiger partial charge on any atom is 0.232 e. The summed E-state index contributed by atoms with van der Waals surface area (Å²) in [6.45, 7) is 0. The van der Waals surface area contributed by atoms with Gasteiger partial charge in [-0.25, -0.2) is 4.39 Å². The predicted molar refractivity (Wildman–Crippen MR) is 82.2 cm³/mol. The number of carbonyl (C=O) groups excluding carboxylic acids is 2. The Kier molecular flexibility index (Phi) is 3.77. The molecule has 0 saturated carbocycles. The van der Waals surface area contributed by atoms with Crippen molar-refractivity contribution in [1.29, 1.82) is 5.26 Å². The minimum Gasteiger partial charge on any atom is -0.326 e.